The van der Waals surface area contributed by atoms with Crippen LogP contribution in [-0.2, 0) is 20.0 Å². The molecule has 3 rings (SSSR count). The van der Waals surface area contributed by atoms with Crippen molar-refractivity contribution in [2.45, 2.75) is 26.8 Å². The molecule has 1 aliphatic rings. The molecule has 2 aromatic rings. The molecule has 1 amide bonds. The number of amides is 1. The highest BCUT2D eigenvalue weighted by Gasteiger charge is 2.28. The van der Waals surface area contributed by atoms with Crippen LogP contribution in [-0.4, -0.2) is 51.0 Å². The van der Waals surface area contributed by atoms with Crippen LogP contribution in [0.3, 0.4) is 0 Å². The van der Waals surface area contributed by atoms with E-state index in [2.05, 4.69) is 15.0 Å². The standard InChI is InChI=1S/C16H22N6O/c1-10-14(21(5)9-17-10)16(23)22-7-6-12-13(8-22)18-11(2)19-15(12)20(3)4/h9H,6-8H2,1-5H3. The number of anilines is 1. The van der Waals surface area contributed by atoms with Gasteiger partial charge in [-0.05, 0) is 20.3 Å². The molecule has 23 heavy (non-hydrogen) atoms. The van der Waals surface area contributed by atoms with E-state index in [1.54, 1.807) is 10.9 Å². The Bertz CT molecular complexity index is 745. The summed E-state index contributed by atoms with van der Waals surface area (Å²) in [5, 5.41) is 0. The van der Waals surface area contributed by atoms with Crippen LogP contribution in [0.5, 0.6) is 0 Å². The Balaban J connectivity index is 1.93. The highest BCUT2D eigenvalue weighted by molar-refractivity contribution is 5.93. The molecule has 122 valence electrons. The molecule has 7 heteroatoms. The van der Waals surface area contributed by atoms with Gasteiger partial charge in [0.05, 0.1) is 24.3 Å². The van der Waals surface area contributed by atoms with Crippen molar-refractivity contribution in [1.29, 1.82) is 0 Å². The number of hydrogen-bond donors (Lipinski definition) is 0. The minimum Gasteiger partial charge on any atom is -0.362 e. The summed E-state index contributed by atoms with van der Waals surface area (Å²) in [4.78, 5) is 30.0. The van der Waals surface area contributed by atoms with Crippen molar-refractivity contribution in [1.82, 2.24) is 24.4 Å². The molecule has 2 aromatic heterocycles. The van der Waals surface area contributed by atoms with Gasteiger partial charge in [0, 0.05) is 33.3 Å². The third-order valence-electron chi connectivity index (χ3n) is 4.19. The maximum absolute atomic E-state index is 12.8. The van der Waals surface area contributed by atoms with Gasteiger partial charge in [0.1, 0.15) is 17.3 Å². The van der Waals surface area contributed by atoms with Crippen molar-refractivity contribution in [2.75, 3.05) is 25.5 Å². The predicted octanol–water partition coefficient (Wildman–Crippen LogP) is 1.09. The molecule has 1 aliphatic heterocycles. The summed E-state index contributed by atoms with van der Waals surface area (Å²) in [6.45, 7) is 4.94. The lowest BCUT2D eigenvalue weighted by Gasteiger charge is -2.30. The van der Waals surface area contributed by atoms with Gasteiger partial charge in [-0.1, -0.05) is 0 Å². The zero-order valence-electron chi connectivity index (χ0n) is 14.3. The number of carbonyl (C=O) groups excluding carboxylic acids is 1. The average molecular weight is 314 g/mol. The SMILES string of the molecule is Cc1nc2c(c(N(C)C)n1)CCN(C(=O)c1c(C)ncn1C)C2. The predicted molar refractivity (Wildman–Crippen MR) is 87.5 cm³/mol. The lowest BCUT2D eigenvalue weighted by molar-refractivity contribution is 0.0721. The molecule has 0 unspecified atom stereocenters. The summed E-state index contributed by atoms with van der Waals surface area (Å²) < 4.78 is 1.78. The van der Waals surface area contributed by atoms with E-state index in [4.69, 9.17) is 0 Å². The number of aryl methyl sites for hydroxylation is 3. The quantitative estimate of drug-likeness (QED) is 0.830. The first kappa shape index (κ1) is 15.5. The zero-order valence-corrected chi connectivity index (χ0v) is 14.3. The van der Waals surface area contributed by atoms with E-state index in [0.717, 1.165) is 35.0 Å². The lowest BCUT2D eigenvalue weighted by Crippen LogP contribution is -2.38. The number of hydrogen-bond acceptors (Lipinski definition) is 5. The molecular formula is C16H22N6O. The summed E-state index contributed by atoms with van der Waals surface area (Å²) in [7, 11) is 5.82. The van der Waals surface area contributed by atoms with E-state index in [9.17, 15) is 4.79 Å². The van der Waals surface area contributed by atoms with Gasteiger partial charge in [-0.25, -0.2) is 15.0 Å². The maximum atomic E-state index is 12.8. The molecule has 0 atom stereocenters. The second-order valence-corrected chi connectivity index (χ2v) is 6.18. The normalized spacial score (nSPS) is 13.9. The number of imidazole rings is 1. The Morgan fingerprint density at radius 3 is 2.61 bits per heavy atom. The Labute approximate surface area is 136 Å². The Kier molecular flexibility index (Phi) is 3.79. The van der Waals surface area contributed by atoms with Crippen molar-refractivity contribution in [3.8, 4) is 0 Å². The summed E-state index contributed by atoms with van der Waals surface area (Å²) in [5.74, 6) is 1.70. The van der Waals surface area contributed by atoms with Crippen molar-refractivity contribution in [3.63, 3.8) is 0 Å². The van der Waals surface area contributed by atoms with Crippen LogP contribution in [0.4, 0.5) is 5.82 Å². The number of fused-ring (bicyclic) bond motifs is 1. The van der Waals surface area contributed by atoms with E-state index < -0.39 is 0 Å². The molecule has 0 N–H and O–H groups in total. The average Bonchev–Trinajstić information content (AvgIpc) is 2.83. The van der Waals surface area contributed by atoms with Gasteiger partial charge < -0.3 is 14.4 Å². The molecule has 0 saturated heterocycles. The first-order chi connectivity index (χ1) is 10.9. The highest BCUT2D eigenvalue weighted by atomic mass is 16.2. The van der Waals surface area contributed by atoms with Crippen LogP contribution in [0.1, 0.15) is 33.3 Å². The fourth-order valence-corrected chi connectivity index (χ4v) is 3.08. The van der Waals surface area contributed by atoms with Crippen LogP contribution in [0.25, 0.3) is 0 Å². The minimum atomic E-state index is 0.0100. The minimum absolute atomic E-state index is 0.0100. The van der Waals surface area contributed by atoms with E-state index in [1.165, 1.54) is 0 Å². The lowest BCUT2D eigenvalue weighted by atomic mass is 10.0. The van der Waals surface area contributed by atoms with Gasteiger partial charge >= 0.3 is 0 Å². The van der Waals surface area contributed by atoms with E-state index in [1.807, 2.05) is 44.8 Å². The fraction of sp³-hybridized carbons (Fsp3) is 0.500. The summed E-state index contributed by atoms with van der Waals surface area (Å²) >= 11 is 0. The molecular weight excluding hydrogens is 292 g/mol. The van der Waals surface area contributed by atoms with Gasteiger partial charge in [-0.15, -0.1) is 0 Å². The van der Waals surface area contributed by atoms with Crippen LogP contribution in [0.15, 0.2) is 6.33 Å². The van der Waals surface area contributed by atoms with Gasteiger partial charge in [0.15, 0.2) is 0 Å². The smallest absolute Gasteiger partial charge is 0.272 e. The first-order valence-corrected chi connectivity index (χ1v) is 7.69. The fourth-order valence-electron chi connectivity index (χ4n) is 3.08. The summed E-state index contributed by atoms with van der Waals surface area (Å²) in [6.07, 6.45) is 2.45. The second kappa shape index (κ2) is 5.64. The third kappa shape index (κ3) is 2.67. The second-order valence-electron chi connectivity index (χ2n) is 6.18. The van der Waals surface area contributed by atoms with Crippen LogP contribution >= 0.6 is 0 Å². The number of nitrogens with zero attached hydrogens (tertiary/aromatic N) is 6. The molecule has 0 aromatic carbocycles. The van der Waals surface area contributed by atoms with E-state index >= 15 is 0 Å². The Hall–Kier alpha value is -2.44. The molecule has 3 heterocycles. The topological polar surface area (TPSA) is 67.2 Å². The van der Waals surface area contributed by atoms with Crippen molar-refractivity contribution < 1.29 is 4.79 Å². The van der Waals surface area contributed by atoms with Crippen molar-refractivity contribution in [3.05, 3.63) is 34.8 Å². The monoisotopic (exact) mass is 314 g/mol. The van der Waals surface area contributed by atoms with Crippen LogP contribution in [0, 0.1) is 13.8 Å². The number of aromatic nitrogens is 4. The zero-order chi connectivity index (χ0) is 16.7. The van der Waals surface area contributed by atoms with Crippen LogP contribution < -0.4 is 4.90 Å². The molecule has 0 saturated carbocycles. The molecule has 0 spiro atoms. The number of carbonyl (C=O) groups is 1. The summed E-state index contributed by atoms with van der Waals surface area (Å²) in [6, 6.07) is 0. The van der Waals surface area contributed by atoms with E-state index in [0.29, 0.717) is 18.8 Å². The van der Waals surface area contributed by atoms with Gasteiger partial charge in [-0.3, -0.25) is 4.79 Å². The number of rotatable bonds is 2. The summed E-state index contributed by atoms with van der Waals surface area (Å²) in [5.41, 5.74) is 3.50. The third-order valence-corrected chi connectivity index (χ3v) is 4.19. The Morgan fingerprint density at radius 2 is 2.00 bits per heavy atom. The molecule has 7 nitrogen and oxygen atoms in total. The van der Waals surface area contributed by atoms with Crippen molar-refractivity contribution in [2.24, 2.45) is 7.05 Å². The van der Waals surface area contributed by atoms with Gasteiger partial charge in [0.2, 0.25) is 0 Å². The molecule has 0 aliphatic carbocycles. The van der Waals surface area contributed by atoms with E-state index in [-0.39, 0.29) is 5.91 Å². The highest BCUT2D eigenvalue weighted by Crippen LogP contribution is 2.26. The maximum Gasteiger partial charge on any atom is 0.272 e. The van der Waals surface area contributed by atoms with Crippen LogP contribution in [0.2, 0.25) is 0 Å². The Morgan fingerprint density at radius 1 is 1.26 bits per heavy atom. The van der Waals surface area contributed by atoms with Gasteiger partial charge in [0.25, 0.3) is 5.91 Å². The van der Waals surface area contributed by atoms with Crippen molar-refractivity contribution >= 4 is 11.7 Å². The molecule has 0 fully saturated rings. The molecule has 0 radical (unpaired) electrons. The largest absolute Gasteiger partial charge is 0.362 e. The molecule has 0 bridgehead atoms. The first-order valence-electron chi connectivity index (χ1n) is 7.69. The van der Waals surface area contributed by atoms with Gasteiger partial charge in [-0.2, -0.15) is 0 Å².